The van der Waals surface area contributed by atoms with Crippen LogP contribution in [0.25, 0.3) is 0 Å². The summed E-state index contributed by atoms with van der Waals surface area (Å²) in [4.78, 5) is 52.7. The van der Waals surface area contributed by atoms with E-state index < -0.39 is 54.5 Å². The molecule has 0 aliphatic carbocycles. The molecule has 0 aromatic heterocycles. The SMILES string of the molecule is COc1ccc(NC(=O)C(c2cccc(C)c2)N(CCO)C(=O)C(CC(N)=O)NC(=O)OC(C)(C)C)cc1. The standard InChI is InChI=1S/C27H36N4O7/c1-17-7-6-8-18(15-17)23(24(34)29-19-9-11-20(37-5)12-10-19)31(13-14-32)25(35)21(16-22(28)33)30-26(36)38-27(2,3)4/h6-12,15,21,23,32H,13-14,16H2,1-5H3,(H2,28,33)(H,29,34)(H,30,36). The van der Waals surface area contributed by atoms with Crippen molar-refractivity contribution in [3.05, 3.63) is 59.7 Å². The largest absolute Gasteiger partial charge is 0.497 e. The first-order chi connectivity index (χ1) is 17.8. The van der Waals surface area contributed by atoms with Crippen molar-refractivity contribution in [2.24, 2.45) is 5.73 Å². The second-order valence-electron chi connectivity index (χ2n) is 9.66. The van der Waals surface area contributed by atoms with Gasteiger partial charge in [-0.05, 0) is 57.5 Å². The molecule has 0 saturated carbocycles. The Kier molecular flexibility index (Phi) is 10.6. The van der Waals surface area contributed by atoms with Crippen molar-refractivity contribution in [1.29, 1.82) is 0 Å². The lowest BCUT2D eigenvalue weighted by molar-refractivity contribution is -0.142. The van der Waals surface area contributed by atoms with E-state index in [9.17, 15) is 24.3 Å². The average Bonchev–Trinajstić information content (AvgIpc) is 2.82. The number of rotatable bonds is 11. The van der Waals surface area contributed by atoms with Crippen LogP contribution in [-0.4, -0.2) is 65.7 Å². The van der Waals surface area contributed by atoms with Gasteiger partial charge in [0.05, 0.1) is 20.1 Å². The number of nitrogens with two attached hydrogens (primary N) is 1. The Morgan fingerprint density at radius 3 is 2.26 bits per heavy atom. The summed E-state index contributed by atoms with van der Waals surface area (Å²) in [5.41, 5.74) is 6.25. The minimum atomic E-state index is -1.44. The number of carbonyl (C=O) groups is 4. The molecule has 206 valence electrons. The number of methoxy groups -OCH3 is 1. The maximum Gasteiger partial charge on any atom is 0.408 e. The van der Waals surface area contributed by atoms with Crippen LogP contribution in [0.4, 0.5) is 10.5 Å². The van der Waals surface area contributed by atoms with Gasteiger partial charge in [-0.25, -0.2) is 4.79 Å². The smallest absolute Gasteiger partial charge is 0.408 e. The molecule has 0 heterocycles. The third-order valence-electron chi connectivity index (χ3n) is 5.29. The number of hydrogen-bond acceptors (Lipinski definition) is 7. The van der Waals surface area contributed by atoms with Crippen LogP contribution in [0.2, 0.25) is 0 Å². The molecular weight excluding hydrogens is 492 g/mol. The molecule has 0 aliphatic heterocycles. The Bertz CT molecular complexity index is 1130. The van der Waals surface area contributed by atoms with Crippen molar-refractivity contribution in [1.82, 2.24) is 10.2 Å². The van der Waals surface area contributed by atoms with Crippen LogP contribution in [0.5, 0.6) is 5.75 Å². The molecule has 0 aliphatic rings. The molecule has 2 aromatic carbocycles. The van der Waals surface area contributed by atoms with Crippen LogP contribution < -0.4 is 21.1 Å². The highest BCUT2D eigenvalue weighted by atomic mass is 16.6. The second kappa shape index (κ2) is 13.4. The fraction of sp³-hybridized carbons (Fsp3) is 0.407. The van der Waals surface area contributed by atoms with E-state index >= 15 is 0 Å². The van der Waals surface area contributed by atoms with Crippen LogP contribution in [-0.2, 0) is 19.1 Å². The van der Waals surface area contributed by atoms with Crippen molar-refractivity contribution in [2.75, 3.05) is 25.6 Å². The number of anilines is 1. The molecule has 38 heavy (non-hydrogen) atoms. The number of aliphatic hydroxyl groups is 1. The number of benzene rings is 2. The van der Waals surface area contributed by atoms with E-state index in [4.69, 9.17) is 15.2 Å². The summed E-state index contributed by atoms with van der Waals surface area (Å²) in [5.74, 6) is -1.62. The number of nitrogens with one attached hydrogen (secondary N) is 2. The number of amides is 4. The lowest BCUT2D eigenvalue weighted by Crippen LogP contribution is -2.54. The van der Waals surface area contributed by atoms with Crippen molar-refractivity contribution >= 4 is 29.5 Å². The molecule has 0 saturated heterocycles. The van der Waals surface area contributed by atoms with Gasteiger partial charge in [0.2, 0.25) is 11.8 Å². The molecule has 2 rings (SSSR count). The highest BCUT2D eigenvalue weighted by Gasteiger charge is 2.37. The Hall–Kier alpha value is -4.12. The first-order valence-electron chi connectivity index (χ1n) is 12.0. The molecular formula is C27H36N4O7. The van der Waals surface area contributed by atoms with Crippen molar-refractivity contribution < 1.29 is 33.8 Å². The van der Waals surface area contributed by atoms with Gasteiger partial charge in [0.1, 0.15) is 23.4 Å². The summed E-state index contributed by atoms with van der Waals surface area (Å²) in [7, 11) is 1.52. The van der Waals surface area contributed by atoms with E-state index in [-0.39, 0.29) is 6.54 Å². The first-order valence-corrected chi connectivity index (χ1v) is 12.0. The van der Waals surface area contributed by atoms with E-state index in [2.05, 4.69) is 10.6 Å². The zero-order valence-electron chi connectivity index (χ0n) is 22.3. The van der Waals surface area contributed by atoms with Crippen LogP contribution in [0, 0.1) is 6.92 Å². The topological polar surface area (TPSA) is 160 Å². The lowest BCUT2D eigenvalue weighted by atomic mass is 10.00. The molecule has 0 bridgehead atoms. The van der Waals surface area contributed by atoms with E-state index in [1.54, 1.807) is 63.2 Å². The summed E-state index contributed by atoms with van der Waals surface area (Å²) in [6.07, 6.45) is -1.48. The highest BCUT2D eigenvalue weighted by Crippen LogP contribution is 2.26. The zero-order valence-corrected chi connectivity index (χ0v) is 22.3. The minimum Gasteiger partial charge on any atom is -0.497 e. The number of carbonyl (C=O) groups excluding carboxylic acids is 4. The molecule has 0 radical (unpaired) electrons. The predicted molar refractivity (Wildman–Crippen MR) is 141 cm³/mol. The Labute approximate surface area is 222 Å². The Morgan fingerprint density at radius 1 is 1.08 bits per heavy atom. The fourth-order valence-electron chi connectivity index (χ4n) is 3.72. The van der Waals surface area contributed by atoms with Gasteiger partial charge >= 0.3 is 6.09 Å². The molecule has 2 atom stereocenters. The predicted octanol–water partition coefficient (Wildman–Crippen LogP) is 2.27. The van der Waals surface area contributed by atoms with Gasteiger partial charge < -0.3 is 35.8 Å². The van der Waals surface area contributed by atoms with E-state index in [1.165, 1.54) is 7.11 Å². The van der Waals surface area contributed by atoms with Crippen LogP contribution in [0.15, 0.2) is 48.5 Å². The number of hydrogen-bond donors (Lipinski definition) is 4. The molecule has 0 fully saturated rings. The minimum absolute atomic E-state index is 0.265. The number of primary amides is 1. The lowest BCUT2D eigenvalue weighted by Gasteiger charge is -2.34. The number of aryl methyl sites for hydroxylation is 1. The molecule has 4 amide bonds. The summed E-state index contributed by atoms with van der Waals surface area (Å²) in [6, 6.07) is 10.9. The first kappa shape index (κ1) is 30.1. The monoisotopic (exact) mass is 528 g/mol. The molecule has 0 spiro atoms. The van der Waals surface area contributed by atoms with Crippen molar-refractivity contribution in [2.45, 2.75) is 51.8 Å². The zero-order chi connectivity index (χ0) is 28.5. The quantitative estimate of drug-likeness (QED) is 0.348. The van der Waals surface area contributed by atoms with E-state index in [0.717, 1.165) is 10.5 Å². The van der Waals surface area contributed by atoms with Gasteiger partial charge in [-0.3, -0.25) is 14.4 Å². The van der Waals surface area contributed by atoms with Crippen LogP contribution in [0.1, 0.15) is 44.4 Å². The van der Waals surface area contributed by atoms with Gasteiger partial charge in [-0.2, -0.15) is 0 Å². The van der Waals surface area contributed by atoms with Crippen molar-refractivity contribution in [3.63, 3.8) is 0 Å². The summed E-state index contributed by atoms with van der Waals surface area (Å²) in [6.45, 7) is 6.02. The van der Waals surface area contributed by atoms with Gasteiger partial charge in [-0.15, -0.1) is 0 Å². The number of aliphatic hydroxyl groups excluding tert-OH is 1. The van der Waals surface area contributed by atoms with Gasteiger partial charge in [0.25, 0.3) is 5.91 Å². The Morgan fingerprint density at radius 2 is 1.74 bits per heavy atom. The summed E-state index contributed by atoms with van der Waals surface area (Å²) >= 11 is 0. The number of alkyl carbamates (subject to hydrolysis) is 1. The maximum atomic E-state index is 13.8. The molecule has 2 unspecified atom stereocenters. The number of ether oxygens (including phenoxy) is 2. The third kappa shape index (κ3) is 9.07. The summed E-state index contributed by atoms with van der Waals surface area (Å²) in [5, 5.41) is 15.0. The third-order valence-corrected chi connectivity index (χ3v) is 5.29. The van der Waals surface area contributed by atoms with Gasteiger partial charge in [0.15, 0.2) is 0 Å². The molecule has 5 N–H and O–H groups in total. The second-order valence-corrected chi connectivity index (χ2v) is 9.66. The molecule has 2 aromatic rings. The van der Waals surface area contributed by atoms with E-state index in [1.807, 2.05) is 13.0 Å². The normalized spacial score (nSPS) is 12.6. The van der Waals surface area contributed by atoms with Gasteiger partial charge in [0, 0.05) is 12.2 Å². The Balaban J connectivity index is 2.48. The fourth-order valence-corrected chi connectivity index (χ4v) is 3.72. The molecule has 11 heteroatoms. The highest BCUT2D eigenvalue weighted by molar-refractivity contribution is 5.99. The molecule has 11 nitrogen and oxygen atoms in total. The van der Waals surface area contributed by atoms with Crippen LogP contribution in [0.3, 0.4) is 0 Å². The maximum absolute atomic E-state index is 13.8. The van der Waals surface area contributed by atoms with Gasteiger partial charge in [-0.1, -0.05) is 29.8 Å². The van der Waals surface area contributed by atoms with E-state index in [0.29, 0.717) is 17.0 Å². The van der Waals surface area contributed by atoms with Crippen molar-refractivity contribution in [3.8, 4) is 5.75 Å². The summed E-state index contributed by atoms with van der Waals surface area (Å²) < 4.78 is 10.4. The average molecular weight is 529 g/mol. The number of nitrogens with zero attached hydrogens (tertiary/aromatic N) is 1. The van der Waals surface area contributed by atoms with Crippen LogP contribution >= 0.6 is 0 Å².